The Kier molecular flexibility index (Phi) is 11.6. The standard InChI is InChI=1S/C41H67N5O7S/c1-38(2,3)54(52,53)25-41(21-11-8-12-22-41)45-37(51)44-30(23-40(6)19-9-7-10-20-40)36(50)46-24-28-31(39(28,4)5)32(46)34(48)43-29(18-15-26-13-14-26)33(47)35(49)42-27-16-17-27/h26-32H,7-25H2,1-6H3,(H,42,49)(H,43,48)(H2,44,45,51). The van der Waals surface area contributed by atoms with E-state index in [1.807, 2.05) is 0 Å². The van der Waals surface area contributed by atoms with Crippen LogP contribution in [0.2, 0.25) is 0 Å². The molecule has 5 saturated carbocycles. The SMILES string of the molecule is CC1(CC(NC(=O)NC2(CS(=O)(=O)C(C)(C)C)CCCCC2)C(=O)N2CC3C(C2C(=O)NC(CCC2CC2)C(=O)C(=O)NC2CC2)C3(C)C)CCCCC1. The molecule has 1 aliphatic heterocycles. The molecular weight excluding hydrogens is 707 g/mol. The summed E-state index contributed by atoms with van der Waals surface area (Å²) in [6.45, 7) is 11.8. The molecule has 0 aromatic rings. The van der Waals surface area contributed by atoms with Gasteiger partial charge in [-0.15, -0.1) is 0 Å². The van der Waals surface area contributed by atoms with Crippen molar-refractivity contribution in [1.82, 2.24) is 26.2 Å². The Hall–Kier alpha value is -2.70. The van der Waals surface area contributed by atoms with Gasteiger partial charge in [-0.3, -0.25) is 19.2 Å². The van der Waals surface area contributed by atoms with E-state index < -0.39 is 61.9 Å². The molecular formula is C41H67N5O7S. The van der Waals surface area contributed by atoms with Gasteiger partial charge < -0.3 is 26.2 Å². The van der Waals surface area contributed by atoms with Crippen molar-refractivity contribution in [3.05, 3.63) is 0 Å². The second kappa shape index (κ2) is 15.3. The number of Topliss-reactive ketones (excluding diaryl/α,β-unsaturated/α-hetero) is 1. The van der Waals surface area contributed by atoms with Crippen molar-refractivity contribution in [3.63, 3.8) is 0 Å². The van der Waals surface area contributed by atoms with E-state index in [1.54, 1.807) is 25.7 Å². The number of hydrogen-bond donors (Lipinski definition) is 4. The van der Waals surface area contributed by atoms with E-state index in [0.29, 0.717) is 38.1 Å². The quantitative estimate of drug-likeness (QED) is 0.171. The van der Waals surface area contributed by atoms with Gasteiger partial charge in [0.25, 0.3) is 5.91 Å². The fraction of sp³-hybridized carbons (Fsp3) is 0.878. The van der Waals surface area contributed by atoms with Crippen molar-refractivity contribution in [2.45, 2.75) is 185 Å². The molecule has 6 rings (SSSR count). The minimum absolute atomic E-state index is 0.0146. The molecule has 5 unspecified atom stereocenters. The lowest BCUT2D eigenvalue weighted by Crippen LogP contribution is -2.62. The molecule has 0 spiro atoms. The average molecular weight is 774 g/mol. The van der Waals surface area contributed by atoms with Crippen LogP contribution in [0, 0.1) is 28.6 Å². The van der Waals surface area contributed by atoms with Crippen molar-refractivity contribution in [1.29, 1.82) is 0 Å². The van der Waals surface area contributed by atoms with Crippen LogP contribution in [0.1, 0.15) is 151 Å². The number of fused-ring (bicyclic) bond motifs is 1. The van der Waals surface area contributed by atoms with Crippen LogP contribution >= 0.6 is 0 Å². The molecule has 6 fully saturated rings. The summed E-state index contributed by atoms with van der Waals surface area (Å²) in [5.74, 6) is -1.74. The topological polar surface area (TPSA) is 171 Å². The number of nitrogens with zero attached hydrogens (tertiary/aromatic N) is 1. The van der Waals surface area contributed by atoms with Crippen molar-refractivity contribution in [3.8, 4) is 0 Å². The number of nitrogens with one attached hydrogen (secondary N) is 4. The van der Waals surface area contributed by atoms with Gasteiger partial charge in [-0.1, -0.05) is 72.1 Å². The molecule has 0 radical (unpaired) electrons. The lowest BCUT2D eigenvalue weighted by Gasteiger charge is -2.41. The fourth-order valence-electron chi connectivity index (χ4n) is 9.84. The molecule has 1 heterocycles. The van der Waals surface area contributed by atoms with Gasteiger partial charge in [-0.2, -0.15) is 0 Å². The summed E-state index contributed by atoms with van der Waals surface area (Å²) in [4.78, 5) is 71.3. The first-order valence-corrected chi connectivity index (χ1v) is 22.7. The molecule has 4 N–H and O–H groups in total. The maximum absolute atomic E-state index is 14.9. The smallest absolute Gasteiger partial charge is 0.315 e. The lowest BCUT2D eigenvalue weighted by atomic mass is 9.71. The van der Waals surface area contributed by atoms with E-state index >= 15 is 0 Å². The monoisotopic (exact) mass is 773 g/mol. The molecule has 54 heavy (non-hydrogen) atoms. The highest BCUT2D eigenvalue weighted by Crippen LogP contribution is 2.65. The number of rotatable bonds is 15. The summed E-state index contributed by atoms with van der Waals surface area (Å²) >= 11 is 0. The molecule has 304 valence electrons. The third kappa shape index (κ3) is 9.28. The van der Waals surface area contributed by atoms with Gasteiger partial charge in [0.1, 0.15) is 12.1 Å². The van der Waals surface area contributed by atoms with E-state index in [2.05, 4.69) is 42.0 Å². The summed E-state index contributed by atoms with van der Waals surface area (Å²) in [6.07, 6.45) is 14.1. The Morgan fingerprint density at radius 2 is 1.43 bits per heavy atom. The summed E-state index contributed by atoms with van der Waals surface area (Å²) in [6, 6.07) is -3.28. The van der Waals surface area contributed by atoms with Gasteiger partial charge in [0.05, 0.1) is 22.1 Å². The Balaban J connectivity index is 1.23. The number of sulfone groups is 1. The van der Waals surface area contributed by atoms with Crippen LogP contribution in [0.15, 0.2) is 0 Å². The van der Waals surface area contributed by atoms with Gasteiger partial charge in [0.15, 0.2) is 9.84 Å². The molecule has 5 amide bonds. The van der Waals surface area contributed by atoms with Crippen LogP contribution in [0.4, 0.5) is 4.79 Å². The Labute approximate surface area is 323 Å². The van der Waals surface area contributed by atoms with E-state index in [4.69, 9.17) is 0 Å². The maximum Gasteiger partial charge on any atom is 0.315 e. The van der Waals surface area contributed by atoms with Gasteiger partial charge in [-0.05, 0) is 107 Å². The molecule has 0 aromatic carbocycles. The summed E-state index contributed by atoms with van der Waals surface area (Å²) in [5.41, 5.74) is -1.32. The number of amides is 5. The number of urea groups is 1. The predicted octanol–water partition coefficient (Wildman–Crippen LogP) is 4.94. The molecule has 12 nitrogen and oxygen atoms in total. The van der Waals surface area contributed by atoms with Gasteiger partial charge >= 0.3 is 6.03 Å². The number of ketones is 1. The highest BCUT2D eigenvalue weighted by atomic mass is 32.2. The zero-order valence-electron chi connectivity index (χ0n) is 33.7. The molecule has 0 aromatic heterocycles. The number of likely N-dealkylation sites (tertiary alicyclic amines) is 1. The van der Waals surface area contributed by atoms with Crippen LogP contribution < -0.4 is 21.3 Å². The number of piperidine rings is 1. The third-order valence-electron chi connectivity index (χ3n) is 14.0. The minimum Gasteiger partial charge on any atom is -0.347 e. The fourth-order valence-corrected chi connectivity index (χ4v) is 11.4. The van der Waals surface area contributed by atoms with Crippen LogP contribution in [0.3, 0.4) is 0 Å². The number of hydrogen-bond acceptors (Lipinski definition) is 7. The molecule has 1 saturated heterocycles. The molecule has 6 aliphatic rings. The zero-order valence-corrected chi connectivity index (χ0v) is 34.5. The number of carbonyl (C=O) groups excluding carboxylic acids is 5. The third-order valence-corrected chi connectivity index (χ3v) is 16.8. The van der Waals surface area contributed by atoms with Crippen molar-refractivity contribution >= 4 is 39.4 Å². The number of carbonyl (C=O) groups is 5. The van der Waals surface area contributed by atoms with Crippen LogP contribution in [0.25, 0.3) is 0 Å². The minimum atomic E-state index is -3.56. The summed E-state index contributed by atoms with van der Waals surface area (Å²) < 4.78 is 26.0. The van der Waals surface area contributed by atoms with Crippen molar-refractivity contribution < 1.29 is 32.4 Å². The molecule has 5 aliphatic carbocycles. The first-order valence-electron chi connectivity index (χ1n) is 21.0. The van der Waals surface area contributed by atoms with Crippen molar-refractivity contribution in [2.75, 3.05) is 12.3 Å². The van der Waals surface area contributed by atoms with E-state index in [9.17, 15) is 32.4 Å². The summed E-state index contributed by atoms with van der Waals surface area (Å²) in [5, 5.41) is 11.9. The lowest BCUT2D eigenvalue weighted by molar-refractivity contribution is -0.144. The van der Waals surface area contributed by atoms with Gasteiger partial charge in [0, 0.05) is 12.6 Å². The van der Waals surface area contributed by atoms with E-state index in [1.165, 1.54) is 0 Å². The van der Waals surface area contributed by atoms with Gasteiger partial charge in [0.2, 0.25) is 17.6 Å². The molecule has 0 bridgehead atoms. The average Bonchev–Trinajstić information content (AvgIpc) is 4.04. The highest BCUT2D eigenvalue weighted by molar-refractivity contribution is 7.92. The maximum atomic E-state index is 14.9. The van der Waals surface area contributed by atoms with Crippen LogP contribution in [0.5, 0.6) is 0 Å². The highest BCUT2D eigenvalue weighted by Gasteiger charge is 2.69. The largest absolute Gasteiger partial charge is 0.347 e. The molecule has 5 atom stereocenters. The van der Waals surface area contributed by atoms with Crippen LogP contribution in [-0.2, 0) is 29.0 Å². The second-order valence-electron chi connectivity index (χ2n) is 20.0. The van der Waals surface area contributed by atoms with Crippen molar-refractivity contribution in [2.24, 2.45) is 28.6 Å². The Morgan fingerprint density at radius 3 is 2.00 bits per heavy atom. The predicted molar refractivity (Wildman–Crippen MR) is 207 cm³/mol. The first-order chi connectivity index (χ1) is 25.2. The zero-order chi connectivity index (χ0) is 39.3. The second-order valence-corrected chi connectivity index (χ2v) is 22.8. The van der Waals surface area contributed by atoms with Crippen LogP contribution in [-0.4, -0.2) is 89.6 Å². The molecule has 13 heteroatoms. The van der Waals surface area contributed by atoms with E-state index in [-0.39, 0.29) is 40.4 Å². The Bertz CT molecular complexity index is 1570. The van der Waals surface area contributed by atoms with E-state index in [0.717, 1.165) is 83.5 Å². The normalized spacial score (nSPS) is 28.2. The first kappa shape index (κ1) is 40.9. The van der Waals surface area contributed by atoms with Gasteiger partial charge in [-0.25, -0.2) is 13.2 Å². The summed E-state index contributed by atoms with van der Waals surface area (Å²) in [7, 11) is -3.56. The Morgan fingerprint density at radius 1 is 0.815 bits per heavy atom.